The number of pyridine rings is 1. The Morgan fingerprint density at radius 3 is 2.86 bits per heavy atom. The van der Waals surface area contributed by atoms with Gasteiger partial charge in [-0.3, -0.25) is 0 Å². The highest BCUT2D eigenvalue weighted by atomic mass is 79.9. The van der Waals surface area contributed by atoms with E-state index in [0.717, 1.165) is 0 Å². The highest BCUT2D eigenvalue weighted by Crippen LogP contribution is 2.32. The van der Waals surface area contributed by atoms with Crippen LogP contribution in [0.1, 0.15) is 5.69 Å². The lowest BCUT2D eigenvalue weighted by molar-refractivity contribution is 0.639. The summed E-state index contributed by atoms with van der Waals surface area (Å²) in [4.78, 5) is 4.09. The third-order valence-electron chi connectivity index (χ3n) is 2.04. The van der Waals surface area contributed by atoms with Crippen molar-refractivity contribution in [2.75, 3.05) is 0 Å². The van der Waals surface area contributed by atoms with Crippen molar-refractivity contribution in [3.8, 4) is 0 Å². The second-order valence-electron chi connectivity index (χ2n) is 2.96. The molecule has 0 bridgehead atoms. The molecule has 0 fully saturated rings. The number of aryl methyl sites for hydroxylation is 1. The molecule has 0 aliphatic rings. The molecule has 0 saturated carbocycles. The Kier molecular flexibility index (Phi) is 2.45. The van der Waals surface area contributed by atoms with Crippen molar-refractivity contribution in [2.45, 2.75) is 6.92 Å². The van der Waals surface area contributed by atoms with Crippen LogP contribution in [0.2, 0.25) is 5.15 Å². The first kappa shape index (κ1) is 9.87. The van der Waals surface area contributed by atoms with Gasteiger partial charge in [0.1, 0.15) is 11.0 Å². The quantitative estimate of drug-likeness (QED) is 0.659. The zero-order chi connectivity index (χ0) is 10.3. The molecular weight excluding hydrogens is 268 g/mol. The largest absolute Gasteiger partial charge is 0.240 e. The van der Waals surface area contributed by atoms with Crippen molar-refractivity contribution in [1.82, 2.24) is 4.98 Å². The summed E-state index contributed by atoms with van der Waals surface area (Å²) in [7, 11) is 0. The Bertz CT molecular complexity index is 513. The molecule has 0 spiro atoms. The Hall–Kier alpha value is -0.670. The third kappa shape index (κ3) is 1.41. The molecule has 0 saturated heterocycles. The Balaban J connectivity index is 3.03. The molecule has 1 heterocycles. The molecule has 1 nitrogen and oxygen atoms in total. The van der Waals surface area contributed by atoms with Crippen LogP contribution in [0.15, 0.2) is 22.7 Å². The summed E-state index contributed by atoms with van der Waals surface area (Å²) < 4.78 is 14.2. The molecule has 72 valence electrons. The lowest BCUT2D eigenvalue weighted by Gasteiger charge is -2.06. The van der Waals surface area contributed by atoms with Gasteiger partial charge in [-0.25, -0.2) is 9.37 Å². The molecule has 0 amide bonds. The number of halogens is 3. The van der Waals surface area contributed by atoms with Crippen LogP contribution < -0.4 is 0 Å². The van der Waals surface area contributed by atoms with Crippen molar-refractivity contribution >= 4 is 38.3 Å². The predicted molar refractivity (Wildman–Crippen MR) is 59.1 cm³/mol. The first-order valence-electron chi connectivity index (χ1n) is 4.01. The average Bonchev–Trinajstić information content (AvgIpc) is 2.14. The second-order valence-corrected chi connectivity index (χ2v) is 4.12. The monoisotopic (exact) mass is 273 g/mol. The van der Waals surface area contributed by atoms with E-state index in [1.54, 1.807) is 19.1 Å². The Morgan fingerprint density at radius 2 is 2.14 bits per heavy atom. The van der Waals surface area contributed by atoms with Gasteiger partial charge < -0.3 is 0 Å². The van der Waals surface area contributed by atoms with E-state index in [2.05, 4.69) is 20.9 Å². The van der Waals surface area contributed by atoms with Crippen LogP contribution in [0.3, 0.4) is 0 Å². The van der Waals surface area contributed by atoms with E-state index in [1.807, 2.05) is 0 Å². The molecule has 1 aromatic heterocycles. The van der Waals surface area contributed by atoms with E-state index in [1.165, 1.54) is 6.07 Å². The minimum absolute atomic E-state index is 0.290. The maximum Gasteiger partial charge on any atom is 0.137 e. The average molecular weight is 275 g/mol. The maximum absolute atomic E-state index is 13.5. The van der Waals surface area contributed by atoms with Crippen LogP contribution in [0.4, 0.5) is 4.39 Å². The lowest BCUT2D eigenvalue weighted by Crippen LogP contribution is -1.90. The molecule has 4 heteroatoms. The molecular formula is C10H6BrClFN. The van der Waals surface area contributed by atoms with Gasteiger partial charge in [0.15, 0.2) is 0 Å². The van der Waals surface area contributed by atoms with Gasteiger partial charge in [0.25, 0.3) is 0 Å². The molecule has 2 aromatic rings. The summed E-state index contributed by atoms with van der Waals surface area (Å²) in [5.41, 5.74) is 0.688. The minimum atomic E-state index is -0.290. The van der Waals surface area contributed by atoms with Crippen LogP contribution in [0.5, 0.6) is 0 Å². The van der Waals surface area contributed by atoms with E-state index in [4.69, 9.17) is 11.6 Å². The zero-order valence-electron chi connectivity index (χ0n) is 7.31. The summed E-state index contributed by atoms with van der Waals surface area (Å²) in [5, 5.41) is 1.45. The first-order valence-corrected chi connectivity index (χ1v) is 5.18. The number of aromatic nitrogens is 1. The topological polar surface area (TPSA) is 12.9 Å². The van der Waals surface area contributed by atoms with Crippen molar-refractivity contribution in [2.24, 2.45) is 0 Å². The van der Waals surface area contributed by atoms with Crippen molar-refractivity contribution in [3.63, 3.8) is 0 Å². The summed E-state index contributed by atoms with van der Waals surface area (Å²) in [6.07, 6.45) is 0. The van der Waals surface area contributed by atoms with E-state index in [-0.39, 0.29) is 5.82 Å². The molecule has 0 aliphatic heterocycles. The normalized spacial score (nSPS) is 10.9. The van der Waals surface area contributed by atoms with Crippen LogP contribution in [-0.4, -0.2) is 4.98 Å². The smallest absolute Gasteiger partial charge is 0.137 e. The van der Waals surface area contributed by atoms with Gasteiger partial charge in [0.2, 0.25) is 0 Å². The first-order chi connectivity index (χ1) is 6.61. The summed E-state index contributed by atoms with van der Waals surface area (Å²) in [6.45, 7) is 1.78. The van der Waals surface area contributed by atoms with Crippen LogP contribution in [0, 0.1) is 12.7 Å². The number of fused-ring (bicyclic) bond motifs is 1. The number of rotatable bonds is 0. The lowest BCUT2D eigenvalue weighted by atomic mass is 10.1. The second kappa shape index (κ2) is 3.48. The number of benzene rings is 1. The molecule has 0 aliphatic carbocycles. The molecule has 0 radical (unpaired) electrons. The van der Waals surface area contributed by atoms with Crippen molar-refractivity contribution in [1.29, 1.82) is 0 Å². The highest BCUT2D eigenvalue weighted by molar-refractivity contribution is 9.10. The standard InChI is InChI=1S/C10H6BrClFN/c1-5-9(11)8-6(10(12)14-5)3-2-4-7(8)13/h2-4H,1H3. The minimum Gasteiger partial charge on any atom is -0.240 e. The van der Waals surface area contributed by atoms with Crippen LogP contribution in [-0.2, 0) is 0 Å². The molecule has 0 N–H and O–H groups in total. The van der Waals surface area contributed by atoms with E-state index in [9.17, 15) is 4.39 Å². The van der Waals surface area contributed by atoms with Gasteiger partial charge in [0.05, 0.1) is 5.69 Å². The van der Waals surface area contributed by atoms with E-state index < -0.39 is 0 Å². The molecule has 0 unspecified atom stereocenters. The van der Waals surface area contributed by atoms with E-state index in [0.29, 0.717) is 26.1 Å². The number of hydrogen-bond donors (Lipinski definition) is 0. The number of nitrogens with zero attached hydrogens (tertiary/aromatic N) is 1. The van der Waals surface area contributed by atoms with Crippen molar-refractivity contribution < 1.29 is 4.39 Å². The molecule has 0 atom stereocenters. The summed E-state index contributed by atoms with van der Waals surface area (Å²) in [5.74, 6) is -0.290. The SMILES string of the molecule is Cc1nc(Cl)c2cccc(F)c2c1Br. The molecule has 2 rings (SSSR count). The van der Waals surface area contributed by atoms with Gasteiger partial charge in [-0.05, 0) is 28.9 Å². The zero-order valence-corrected chi connectivity index (χ0v) is 9.66. The van der Waals surface area contributed by atoms with Crippen molar-refractivity contribution in [3.05, 3.63) is 39.3 Å². The van der Waals surface area contributed by atoms with Gasteiger partial charge in [-0.2, -0.15) is 0 Å². The van der Waals surface area contributed by atoms with Gasteiger partial charge in [0, 0.05) is 15.2 Å². The molecule has 1 aromatic carbocycles. The van der Waals surface area contributed by atoms with Crippen LogP contribution in [0.25, 0.3) is 10.8 Å². The fraction of sp³-hybridized carbons (Fsp3) is 0.100. The van der Waals surface area contributed by atoms with Gasteiger partial charge >= 0.3 is 0 Å². The Labute approximate surface area is 94.0 Å². The number of hydrogen-bond acceptors (Lipinski definition) is 1. The van der Waals surface area contributed by atoms with Crippen LogP contribution >= 0.6 is 27.5 Å². The fourth-order valence-electron chi connectivity index (χ4n) is 1.36. The fourth-order valence-corrected chi connectivity index (χ4v) is 2.13. The highest BCUT2D eigenvalue weighted by Gasteiger charge is 2.11. The van der Waals surface area contributed by atoms with Gasteiger partial charge in [-0.1, -0.05) is 23.7 Å². The van der Waals surface area contributed by atoms with E-state index >= 15 is 0 Å². The molecule has 14 heavy (non-hydrogen) atoms. The summed E-state index contributed by atoms with van der Waals surface area (Å²) >= 11 is 9.21. The summed E-state index contributed by atoms with van der Waals surface area (Å²) in [6, 6.07) is 4.77. The predicted octanol–water partition coefficient (Wildman–Crippen LogP) is 4.10. The maximum atomic E-state index is 13.5. The van der Waals surface area contributed by atoms with Gasteiger partial charge in [-0.15, -0.1) is 0 Å². The Morgan fingerprint density at radius 1 is 1.43 bits per heavy atom. The third-order valence-corrected chi connectivity index (χ3v) is 3.30.